The number of fused-ring (bicyclic) bond motifs is 3. The number of hydrogen-bond donors (Lipinski definition) is 2. The van der Waals surface area contributed by atoms with Crippen molar-refractivity contribution in [1.29, 1.82) is 0 Å². The van der Waals surface area contributed by atoms with Gasteiger partial charge in [0.25, 0.3) is 11.8 Å². The number of alkyl carbamates (subject to hydrolysis) is 1. The lowest BCUT2D eigenvalue weighted by Gasteiger charge is -2.23. The number of carbonyl (C=O) groups excluding carboxylic acids is 6. The highest BCUT2D eigenvalue weighted by Gasteiger charge is 2.58. The summed E-state index contributed by atoms with van der Waals surface area (Å²) in [5.41, 5.74) is 0.725. The van der Waals surface area contributed by atoms with Gasteiger partial charge in [-0.1, -0.05) is 62.5 Å². The van der Waals surface area contributed by atoms with Crippen LogP contribution in [0.5, 0.6) is 0 Å². The second kappa shape index (κ2) is 18.8. The lowest BCUT2D eigenvalue weighted by molar-refractivity contribution is -0.150. The van der Waals surface area contributed by atoms with E-state index in [4.69, 9.17) is 23.7 Å². The van der Waals surface area contributed by atoms with E-state index in [1.807, 2.05) is 5.32 Å². The Morgan fingerprint density at radius 2 is 1.76 bits per heavy atom. The Morgan fingerprint density at radius 3 is 2.52 bits per heavy atom. The van der Waals surface area contributed by atoms with Crippen molar-refractivity contribution in [3.8, 4) is 0 Å². The molecule has 3 aliphatic rings. The number of unbranched alkanes of at least 4 members (excludes halogenated alkanes) is 4. The van der Waals surface area contributed by atoms with Gasteiger partial charge in [-0.2, -0.15) is 0 Å². The molecule has 0 aromatic rings. The van der Waals surface area contributed by atoms with Gasteiger partial charge < -0.3 is 23.7 Å². The fraction of sp³-hybridized carbons (Fsp3) is 0.576. The quantitative estimate of drug-likeness (QED) is 0.0842. The van der Waals surface area contributed by atoms with Crippen molar-refractivity contribution in [2.75, 3.05) is 6.61 Å². The Kier molecular flexibility index (Phi) is 14.8. The van der Waals surface area contributed by atoms with Crippen molar-refractivity contribution < 1.29 is 52.5 Å². The van der Waals surface area contributed by atoms with E-state index in [9.17, 15) is 28.8 Å². The van der Waals surface area contributed by atoms with Gasteiger partial charge in [0.05, 0.1) is 12.7 Å². The highest BCUT2D eigenvalue weighted by atomic mass is 16.7. The Morgan fingerprint density at radius 1 is 1.00 bits per heavy atom. The molecule has 252 valence electrons. The molecule has 46 heavy (non-hydrogen) atoms. The van der Waals surface area contributed by atoms with Gasteiger partial charge in [-0.05, 0) is 32.6 Å². The molecule has 3 rings (SSSR count). The highest BCUT2D eigenvalue weighted by molar-refractivity contribution is 6.05. The molecule has 2 fully saturated rings. The standard InChI is InChI=1S/C33H44N2O11/c1-4-5-6-7-8-15-27(39)42-19-12-11-13-23-30(46-33(41)34-22(3)36)32-31(44-23)29-24(43-29)18-17-21(2)20-26(38)35-25(37)14-9-10-16-28(40)45-32/h9-11,13-14,16,20,23-24,29-32H,4-8,12,15,17-19H2,1-3H3,(H,34,36,41)(H,35,37,38)/b13-11+,14-9+,16-10-,21-20-/t23-,24+,29+,30-,31+,32-/m1/s1. The van der Waals surface area contributed by atoms with E-state index in [1.54, 1.807) is 19.1 Å². The number of esters is 2. The lowest BCUT2D eigenvalue weighted by atomic mass is 10.0. The number of epoxide rings is 1. The van der Waals surface area contributed by atoms with Crippen LogP contribution in [0.3, 0.4) is 0 Å². The van der Waals surface area contributed by atoms with Crippen LogP contribution in [-0.2, 0) is 47.7 Å². The maximum Gasteiger partial charge on any atom is 0.414 e. The summed E-state index contributed by atoms with van der Waals surface area (Å²) < 4.78 is 28.7. The van der Waals surface area contributed by atoms with E-state index in [0.717, 1.165) is 56.8 Å². The van der Waals surface area contributed by atoms with Gasteiger partial charge in [-0.25, -0.2) is 9.59 Å². The molecule has 0 aromatic heterocycles. The van der Waals surface area contributed by atoms with Gasteiger partial charge in [0, 0.05) is 31.6 Å². The molecular formula is C33H44N2O11. The SMILES string of the molecule is CCCCCCCC(=O)OCC/C=C/[C@H]1O[C@@H]2[C@H](OC(=O)/C=C\C=C\C(=O)NC(=O)/C=C(/C)CC[C@@H]3O[C@H]23)[C@@H]1OC(=O)NC(C)=O. The van der Waals surface area contributed by atoms with Crippen LogP contribution in [0, 0.1) is 0 Å². The molecule has 0 aromatic carbocycles. The number of allylic oxidation sites excluding steroid dienone is 3. The topological polar surface area (TPSA) is 176 Å². The Bertz CT molecular complexity index is 1240. The summed E-state index contributed by atoms with van der Waals surface area (Å²) in [5.74, 6) is -2.95. The molecule has 0 bridgehead atoms. The van der Waals surface area contributed by atoms with E-state index in [1.165, 1.54) is 18.2 Å². The third-order valence-corrected chi connectivity index (χ3v) is 7.40. The van der Waals surface area contributed by atoms with Gasteiger partial charge >= 0.3 is 18.0 Å². The Labute approximate surface area is 268 Å². The second-order valence-corrected chi connectivity index (χ2v) is 11.4. The predicted molar refractivity (Wildman–Crippen MR) is 164 cm³/mol. The number of ether oxygens (including phenoxy) is 5. The summed E-state index contributed by atoms with van der Waals surface area (Å²) in [4.78, 5) is 73.0. The zero-order chi connectivity index (χ0) is 33.5. The molecule has 13 nitrogen and oxygen atoms in total. The number of carbonyl (C=O) groups is 6. The van der Waals surface area contributed by atoms with E-state index in [0.29, 0.717) is 25.7 Å². The van der Waals surface area contributed by atoms with Crippen molar-refractivity contribution in [2.24, 2.45) is 0 Å². The Hall–Kier alpha value is -4.10. The number of hydrogen-bond acceptors (Lipinski definition) is 11. The number of imide groups is 2. The van der Waals surface area contributed by atoms with Crippen LogP contribution in [0.2, 0.25) is 0 Å². The zero-order valence-corrected chi connectivity index (χ0v) is 26.6. The normalized spacial score (nSPS) is 29.2. The first-order valence-corrected chi connectivity index (χ1v) is 15.8. The van der Waals surface area contributed by atoms with Crippen molar-refractivity contribution in [3.63, 3.8) is 0 Å². The van der Waals surface area contributed by atoms with Crippen molar-refractivity contribution >= 4 is 35.8 Å². The van der Waals surface area contributed by atoms with E-state index in [2.05, 4.69) is 12.2 Å². The molecule has 0 radical (unpaired) electrons. The number of nitrogens with one attached hydrogen (secondary N) is 2. The molecule has 6 atom stereocenters. The smallest absolute Gasteiger partial charge is 0.414 e. The average Bonchev–Trinajstić information content (AvgIpc) is 3.69. The first-order valence-electron chi connectivity index (χ1n) is 15.8. The first-order chi connectivity index (χ1) is 22.1. The summed E-state index contributed by atoms with van der Waals surface area (Å²) in [6.45, 7) is 5.19. The molecular weight excluding hydrogens is 600 g/mol. The van der Waals surface area contributed by atoms with Crippen LogP contribution < -0.4 is 10.6 Å². The van der Waals surface area contributed by atoms with Crippen LogP contribution in [0.4, 0.5) is 4.79 Å². The lowest BCUT2D eigenvalue weighted by Crippen LogP contribution is -2.44. The van der Waals surface area contributed by atoms with Gasteiger partial charge in [-0.3, -0.25) is 29.8 Å². The minimum absolute atomic E-state index is 0.148. The molecule has 3 aliphatic heterocycles. The minimum Gasteiger partial charge on any atom is -0.465 e. The zero-order valence-electron chi connectivity index (χ0n) is 26.6. The Balaban J connectivity index is 1.73. The van der Waals surface area contributed by atoms with Gasteiger partial charge in [0.1, 0.15) is 18.3 Å². The molecule has 0 saturated carbocycles. The predicted octanol–water partition coefficient (Wildman–Crippen LogP) is 3.42. The highest BCUT2D eigenvalue weighted by Crippen LogP contribution is 2.40. The number of rotatable bonds is 11. The molecule has 2 N–H and O–H groups in total. The van der Waals surface area contributed by atoms with Gasteiger partial charge in [0.15, 0.2) is 12.2 Å². The largest absolute Gasteiger partial charge is 0.465 e. The molecule has 0 unspecified atom stereocenters. The van der Waals surface area contributed by atoms with Gasteiger partial charge in [-0.15, -0.1) is 0 Å². The molecule has 2 saturated heterocycles. The van der Waals surface area contributed by atoms with Crippen molar-refractivity contribution in [3.05, 3.63) is 48.1 Å². The fourth-order valence-electron chi connectivity index (χ4n) is 5.10. The molecule has 0 aliphatic carbocycles. The summed E-state index contributed by atoms with van der Waals surface area (Å²) >= 11 is 0. The van der Waals surface area contributed by atoms with Crippen molar-refractivity contribution in [1.82, 2.24) is 10.6 Å². The maximum atomic E-state index is 12.8. The van der Waals surface area contributed by atoms with Gasteiger partial charge in [0.2, 0.25) is 5.91 Å². The second-order valence-electron chi connectivity index (χ2n) is 11.4. The number of amides is 4. The summed E-state index contributed by atoms with van der Waals surface area (Å²) in [5, 5.41) is 4.25. The third-order valence-electron chi connectivity index (χ3n) is 7.40. The fourth-order valence-corrected chi connectivity index (χ4v) is 5.10. The van der Waals surface area contributed by atoms with Crippen LogP contribution in [0.25, 0.3) is 0 Å². The third kappa shape index (κ3) is 12.7. The maximum absolute atomic E-state index is 12.8. The average molecular weight is 645 g/mol. The van der Waals surface area contributed by atoms with E-state index >= 15 is 0 Å². The van der Waals surface area contributed by atoms with Crippen LogP contribution >= 0.6 is 0 Å². The molecule has 13 heteroatoms. The monoisotopic (exact) mass is 644 g/mol. The van der Waals surface area contributed by atoms with E-state index in [-0.39, 0.29) is 18.7 Å². The van der Waals surface area contributed by atoms with Crippen LogP contribution in [0.15, 0.2) is 48.1 Å². The molecule has 3 heterocycles. The van der Waals surface area contributed by atoms with Crippen molar-refractivity contribution in [2.45, 2.75) is 115 Å². The van der Waals surface area contributed by atoms with Crippen LogP contribution in [0.1, 0.15) is 78.6 Å². The summed E-state index contributed by atoms with van der Waals surface area (Å²) in [7, 11) is 0. The molecule has 4 amide bonds. The van der Waals surface area contributed by atoms with E-state index < -0.39 is 60.3 Å². The summed E-state index contributed by atoms with van der Waals surface area (Å²) in [6.07, 6.45) is 10.3. The summed E-state index contributed by atoms with van der Waals surface area (Å²) in [6, 6.07) is 0. The first kappa shape index (κ1) is 36.4. The molecule has 0 spiro atoms. The van der Waals surface area contributed by atoms with Crippen LogP contribution in [-0.4, -0.2) is 79.0 Å². The minimum atomic E-state index is -1.16.